The van der Waals surface area contributed by atoms with Crippen molar-refractivity contribution in [1.82, 2.24) is 0 Å². The first-order chi connectivity index (χ1) is 14.2. The summed E-state index contributed by atoms with van der Waals surface area (Å²) in [5.74, 6) is 0. The number of benzene rings is 2. The van der Waals surface area contributed by atoms with E-state index < -0.39 is 0 Å². The van der Waals surface area contributed by atoms with Crippen LogP contribution in [-0.4, -0.2) is 0 Å². The Morgan fingerprint density at radius 1 is 0.677 bits per heavy atom. The zero-order valence-corrected chi connectivity index (χ0v) is 22.5. The van der Waals surface area contributed by atoms with Crippen LogP contribution in [0.1, 0.15) is 95.2 Å². The van der Waals surface area contributed by atoms with Crippen LogP contribution in [-0.2, 0) is 30.0 Å². The second-order valence-corrected chi connectivity index (χ2v) is 14.8. The van der Waals surface area contributed by atoms with Crippen molar-refractivity contribution in [2.24, 2.45) is 5.41 Å². The van der Waals surface area contributed by atoms with E-state index in [1.54, 1.807) is 15.0 Å². The van der Waals surface area contributed by atoms with Gasteiger partial charge in [-0.05, 0) is 0 Å². The SMILES string of the molecule is CC(C)(C)C1=CC[C]([Ti][CH]2c3cc(C(C)(C)C)ccc3-c3ccc(C(C)(C)C)cc32)=C1. The fourth-order valence-electron chi connectivity index (χ4n) is 4.68. The summed E-state index contributed by atoms with van der Waals surface area (Å²) in [5.41, 5.74) is 11.2. The number of allylic oxidation sites excluding steroid dienone is 4. The molecule has 4 rings (SSSR count). The van der Waals surface area contributed by atoms with Gasteiger partial charge in [-0.1, -0.05) is 0 Å². The molecule has 0 radical (unpaired) electrons. The molecule has 0 amide bonds. The summed E-state index contributed by atoms with van der Waals surface area (Å²) in [6, 6.07) is 14.6. The van der Waals surface area contributed by atoms with Gasteiger partial charge in [0.2, 0.25) is 0 Å². The predicted molar refractivity (Wildman–Crippen MR) is 131 cm³/mol. The van der Waals surface area contributed by atoms with Crippen LogP contribution in [0.4, 0.5) is 0 Å². The van der Waals surface area contributed by atoms with E-state index >= 15 is 0 Å². The normalized spacial score (nSPS) is 16.7. The molecule has 2 aromatic carbocycles. The Labute approximate surface area is 199 Å². The summed E-state index contributed by atoms with van der Waals surface area (Å²) in [4.78, 5) is 0. The molecular formula is C30H38Ti. The minimum absolute atomic E-state index is 0.179. The van der Waals surface area contributed by atoms with Crippen molar-refractivity contribution in [3.8, 4) is 11.1 Å². The van der Waals surface area contributed by atoms with Crippen LogP contribution in [0, 0.1) is 5.41 Å². The van der Waals surface area contributed by atoms with Gasteiger partial charge in [0, 0.05) is 0 Å². The van der Waals surface area contributed by atoms with Gasteiger partial charge < -0.3 is 0 Å². The molecule has 0 nitrogen and oxygen atoms in total. The summed E-state index contributed by atoms with van der Waals surface area (Å²) in [6.07, 6.45) is 6.18. The molecule has 0 saturated heterocycles. The molecule has 0 bridgehead atoms. The summed E-state index contributed by atoms with van der Waals surface area (Å²) < 4.78 is 2.28. The van der Waals surface area contributed by atoms with Crippen LogP contribution >= 0.6 is 0 Å². The van der Waals surface area contributed by atoms with Gasteiger partial charge in [0.05, 0.1) is 0 Å². The van der Waals surface area contributed by atoms with E-state index in [9.17, 15) is 0 Å². The third-order valence-electron chi connectivity index (χ3n) is 6.81. The fourth-order valence-corrected chi connectivity index (χ4v) is 7.21. The second-order valence-electron chi connectivity index (χ2n) is 12.5. The quantitative estimate of drug-likeness (QED) is 0.405. The Bertz CT molecular complexity index is 1010. The van der Waals surface area contributed by atoms with Crippen molar-refractivity contribution in [3.63, 3.8) is 0 Å². The van der Waals surface area contributed by atoms with Crippen molar-refractivity contribution in [2.75, 3.05) is 0 Å². The molecule has 1 heteroatoms. The average Bonchev–Trinajstić information content (AvgIpc) is 3.23. The first-order valence-electron chi connectivity index (χ1n) is 11.7. The maximum atomic E-state index is 2.54. The summed E-state index contributed by atoms with van der Waals surface area (Å²) in [6.45, 7) is 21.0. The van der Waals surface area contributed by atoms with Crippen LogP contribution in [0.2, 0.25) is 0 Å². The van der Waals surface area contributed by atoms with Crippen molar-refractivity contribution >= 4 is 0 Å². The van der Waals surface area contributed by atoms with E-state index in [0.717, 1.165) is 6.42 Å². The van der Waals surface area contributed by atoms with Crippen molar-refractivity contribution in [3.05, 3.63) is 80.3 Å². The molecule has 0 heterocycles. The van der Waals surface area contributed by atoms with Crippen molar-refractivity contribution in [1.29, 1.82) is 0 Å². The molecule has 2 aliphatic carbocycles. The Kier molecular flexibility index (Phi) is 5.59. The second kappa shape index (κ2) is 7.60. The Balaban J connectivity index is 1.80. The summed E-state index contributed by atoms with van der Waals surface area (Å²) in [7, 11) is 0. The number of hydrogen-bond donors (Lipinski definition) is 0. The van der Waals surface area contributed by atoms with E-state index in [-0.39, 0.29) is 35.4 Å². The molecule has 162 valence electrons. The van der Waals surface area contributed by atoms with E-state index in [2.05, 4.69) is 111 Å². The molecule has 31 heavy (non-hydrogen) atoms. The van der Waals surface area contributed by atoms with Crippen LogP contribution < -0.4 is 0 Å². The molecular weight excluding hydrogens is 408 g/mol. The van der Waals surface area contributed by atoms with Gasteiger partial charge in [-0.25, -0.2) is 0 Å². The third-order valence-corrected chi connectivity index (χ3v) is 9.36. The van der Waals surface area contributed by atoms with Gasteiger partial charge >= 0.3 is 200 Å². The van der Waals surface area contributed by atoms with E-state index in [0.29, 0.717) is 4.22 Å². The number of rotatable bonds is 2. The predicted octanol–water partition coefficient (Wildman–Crippen LogP) is 8.69. The van der Waals surface area contributed by atoms with Crippen LogP contribution in [0.25, 0.3) is 11.1 Å². The molecule has 0 aliphatic heterocycles. The first kappa shape index (κ1) is 22.8. The standard InChI is InChI=1S/C21H25.C9H13.Ti/c1-20(2,3)16-7-9-18-14(12-16)11-15-13-17(21(4,5)6)8-10-19(15)18;1-9(2,3)8-6-4-5-7-8;/h7-13H,1-6H3;6-7H,4H2,1-3H3;. The van der Waals surface area contributed by atoms with Gasteiger partial charge in [-0.3, -0.25) is 0 Å². The third kappa shape index (κ3) is 4.44. The van der Waals surface area contributed by atoms with E-state index in [1.807, 2.05) is 0 Å². The minimum atomic E-state index is -0.296. The average molecular weight is 447 g/mol. The first-order valence-corrected chi connectivity index (χ1v) is 13.4. The zero-order chi connectivity index (χ0) is 22.8. The zero-order valence-electron chi connectivity index (χ0n) is 20.9. The number of hydrogen-bond acceptors (Lipinski definition) is 0. The summed E-state index contributed by atoms with van der Waals surface area (Å²) in [5, 5.41) is 0. The Morgan fingerprint density at radius 3 is 1.55 bits per heavy atom. The molecule has 2 aromatic rings. The molecule has 2 aliphatic rings. The fraction of sp³-hybridized carbons (Fsp3) is 0.467. The van der Waals surface area contributed by atoms with Gasteiger partial charge in [-0.2, -0.15) is 0 Å². The van der Waals surface area contributed by atoms with Crippen molar-refractivity contribution < 1.29 is 19.2 Å². The molecule has 0 unspecified atom stereocenters. The molecule has 0 atom stereocenters. The Hall–Kier alpha value is -1.37. The van der Waals surface area contributed by atoms with Gasteiger partial charge in [0.25, 0.3) is 0 Å². The number of fused-ring (bicyclic) bond motifs is 3. The van der Waals surface area contributed by atoms with Gasteiger partial charge in [0.1, 0.15) is 0 Å². The van der Waals surface area contributed by atoms with E-state index in [4.69, 9.17) is 0 Å². The maximum absolute atomic E-state index is 2.54. The summed E-state index contributed by atoms with van der Waals surface area (Å²) >= 11 is -0.296. The molecule has 0 aromatic heterocycles. The van der Waals surface area contributed by atoms with E-state index in [1.165, 1.54) is 27.8 Å². The monoisotopic (exact) mass is 446 g/mol. The van der Waals surface area contributed by atoms with Crippen LogP contribution in [0.3, 0.4) is 0 Å². The molecule has 0 N–H and O–H groups in total. The van der Waals surface area contributed by atoms with Crippen molar-refractivity contribution in [2.45, 2.75) is 83.8 Å². The molecule has 0 spiro atoms. The molecule has 0 saturated carbocycles. The Morgan fingerprint density at radius 2 is 1.16 bits per heavy atom. The van der Waals surface area contributed by atoms with Gasteiger partial charge in [-0.15, -0.1) is 0 Å². The van der Waals surface area contributed by atoms with Crippen LogP contribution in [0.5, 0.6) is 0 Å². The van der Waals surface area contributed by atoms with Crippen LogP contribution in [0.15, 0.2) is 58.0 Å². The topological polar surface area (TPSA) is 0 Å². The van der Waals surface area contributed by atoms with Gasteiger partial charge in [0.15, 0.2) is 0 Å². The molecule has 0 fully saturated rings.